The van der Waals surface area contributed by atoms with Crippen LogP contribution in [0.25, 0.3) is 0 Å². The highest BCUT2D eigenvalue weighted by Crippen LogP contribution is 2.25. The molecule has 0 radical (unpaired) electrons. The molecule has 1 saturated carbocycles. The van der Waals surface area contributed by atoms with Crippen LogP contribution in [0.1, 0.15) is 32.1 Å². The summed E-state index contributed by atoms with van der Waals surface area (Å²) in [6.07, 6.45) is 9.09. The normalized spacial score (nSPS) is 21.1. The van der Waals surface area contributed by atoms with Crippen molar-refractivity contribution >= 4 is 11.8 Å². The molecule has 3 rings (SSSR count). The largest absolute Gasteiger partial charge is 0.354 e. The summed E-state index contributed by atoms with van der Waals surface area (Å²) in [5.41, 5.74) is 0. The van der Waals surface area contributed by atoms with Crippen molar-refractivity contribution in [3.63, 3.8) is 0 Å². The van der Waals surface area contributed by atoms with E-state index in [4.69, 9.17) is 0 Å². The number of aromatic nitrogens is 2. The predicted octanol–water partition coefficient (Wildman–Crippen LogP) is 2.24. The third-order valence-electron chi connectivity index (χ3n) is 4.97. The number of anilines is 2. The van der Waals surface area contributed by atoms with Crippen LogP contribution in [0.15, 0.2) is 12.3 Å². The lowest BCUT2D eigenvalue weighted by molar-refractivity contribution is 0.192. The van der Waals surface area contributed by atoms with Crippen LogP contribution in [0.4, 0.5) is 11.8 Å². The molecule has 0 spiro atoms. The predicted molar refractivity (Wildman–Crippen MR) is 91.6 cm³/mol. The maximum atomic E-state index is 4.66. The summed E-state index contributed by atoms with van der Waals surface area (Å²) >= 11 is 0. The molecule has 2 heterocycles. The van der Waals surface area contributed by atoms with Crippen LogP contribution < -0.4 is 9.80 Å². The standard InChI is InChI=1S/C17H29N5/c1-20(2)17-18-9-8-16(19-17)22-12-10-21(11-13-22)14-15-6-4-3-5-7-15/h8-9,15H,3-7,10-14H2,1-2H3. The lowest BCUT2D eigenvalue weighted by Crippen LogP contribution is -2.48. The molecule has 22 heavy (non-hydrogen) atoms. The zero-order valence-electron chi connectivity index (χ0n) is 14.0. The van der Waals surface area contributed by atoms with E-state index in [1.807, 2.05) is 31.3 Å². The minimum absolute atomic E-state index is 0.794. The van der Waals surface area contributed by atoms with Crippen molar-refractivity contribution in [2.45, 2.75) is 32.1 Å². The van der Waals surface area contributed by atoms with E-state index in [2.05, 4.69) is 19.8 Å². The van der Waals surface area contributed by atoms with Gasteiger partial charge in [0, 0.05) is 53.0 Å². The fourth-order valence-corrected chi connectivity index (χ4v) is 3.63. The van der Waals surface area contributed by atoms with E-state index in [0.717, 1.165) is 43.9 Å². The Kier molecular flexibility index (Phi) is 5.13. The summed E-state index contributed by atoms with van der Waals surface area (Å²) in [5.74, 6) is 2.80. The average molecular weight is 303 g/mol. The van der Waals surface area contributed by atoms with Crippen LogP contribution in [0, 0.1) is 5.92 Å². The third-order valence-corrected chi connectivity index (χ3v) is 4.97. The molecule has 2 fully saturated rings. The smallest absolute Gasteiger partial charge is 0.226 e. The number of rotatable bonds is 4. The Hall–Kier alpha value is -1.36. The van der Waals surface area contributed by atoms with Crippen molar-refractivity contribution in [2.75, 3.05) is 56.6 Å². The maximum Gasteiger partial charge on any atom is 0.226 e. The van der Waals surface area contributed by atoms with Gasteiger partial charge in [0.05, 0.1) is 0 Å². The number of hydrogen-bond donors (Lipinski definition) is 0. The summed E-state index contributed by atoms with van der Waals surface area (Å²) in [7, 11) is 3.97. The molecule has 1 aromatic rings. The first-order chi connectivity index (χ1) is 10.7. The lowest BCUT2D eigenvalue weighted by atomic mass is 9.89. The van der Waals surface area contributed by atoms with Gasteiger partial charge in [0.25, 0.3) is 0 Å². The van der Waals surface area contributed by atoms with Crippen molar-refractivity contribution in [3.8, 4) is 0 Å². The second-order valence-electron chi connectivity index (χ2n) is 6.90. The van der Waals surface area contributed by atoms with Crippen LogP contribution in [0.3, 0.4) is 0 Å². The first kappa shape index (κ1) is 15.5. The Labute approximate surface area is 134 Å². The van der Waals surface area contributed by atoms with Crippen LogP contribution in [-0.2, 0) is 0 Å². The van der Waals surface area contributed by atoms with Crippen molar-refractivity contribution in [1.82, 2.24) is 14.9 Å². The van der Waals surface area contributed by atoms with Gasteiger partial charge in [-0.2, -0.15) is 4.98 Å². The molecule has 2 aliphatic rings. The Morgan fingerprint density at radius 1 is 1.09 bits per heavy atom. The van der Waals surface area contributed by atoms with Gasteiger partial charge in [0.15, 0.2) is 0 Å². The Balaban J connectivity index is 1.51. The molecule has 0 unspecified atom stereocenters. The number of piperazine rings is 1. The van der Waals surface area contributed by atoms with Gasteiger partial charge in [0.2, 0.25) is 5.95 Å². The van der Waals surface area contributed by atoms with Crippen molar-refractivity contribution in [1.29, 1.82) is 0 Å². The maximum absolute atomic E-state index is 4.66. The average Bonchev–Trinajstić information content (AvgIpc) is 2.56. The molecule has 1 saturated heterocycles. The molecule has 0 amide bonds. The van der Waals surface area contributed by atoms with E-state index in [1.165, 1.54) is 38.6 Å². The van der Waals surface area contributed by atoms with Crippen LogP contribution >= 0.6 is 0 Å². The van der Waals surface area contributed by atoms with E-state index >= 15 is 0 Å². The van der Waals surface area contributed by atoms with E-state index in [9.17, 15) is 0 Å². The van der Waals surface area contributed by atoms with E-state index < -0.39 is 0 Å². The van der Waals surface area contributed by atoms with E-state index in [1.54, 1.807) is 0 Å². The van der Waals surface area contributed by atoms with Gasteiger partial charge in [-0.1, -0.05) is 19.3 Å². The van der Waals surface area contributed by atoms with Crippen LogP contribution in [0.5, 0.6) is 0 Å². The van der Waals surface area contributed by atoms with Gasteiger partial charge in [-0.25, -0.2) is 4.98 Å². The molecule has 1 aliphatic heterocycles. The quantitative estimate of drug-likeness (QED) is 0.852. The summed E-state index contributed by atoms with van der Waals surface area (Å²) < 4.78 is 0. The fourth-order valence-electron chi connectivity index (χ4n) is 3.63. The van der Waals surface area contributed by atoms with Crippen molar-refractivity contribution in [3.05, 3.63) is 12.3 Å². The van der Waals surface area contributed by atoms with Gasteiger partial charge < -0.3 is 9.80 Å². The topological polar surface area (TPSA) is 35.5 Å². The van der Waals surface area contributed by atoms with Gasteiger partial charge in [0.1, 0.15) is 5.82 Å². The molecule has 0 N–H and O–H groups in total. The van der Waals surface area contributed by atoms with E-state index in [-0.39, 0.29) is 0 Å². The third kappa shape index (κ3) is 3.88. The minimum atomic E-state index is 0.794. The van der Waals surface area contributed by atoms with Gasteiger partial charge in [-0.3, -0.25) is 4.90 Å². The highest BCUT2D eigenvalue weighted by molar-refractivity contribution is 5.43. The van der Waals surface area contributed by atoms with Crippen molar-refractivity contribution < 1.29 is 0 Å². The first-order valence-corrected chi connectivity index (χ1v) is 8.70. The summed E-state index contributed by atoms with van der Waals surface area (Å²) in [4.78, 5) is 16.0. The Morgan fingerprint density at radius 2 is 1.82 bits per heavy atom. The van der Waals surface area contributed by atoms with Crippen molar-refractivity contribution in [2.24, 2.45) is 5.92 Å². The van der Waals surface area contributed by atoms with Gasteiger partial charge >= 0.3 is 0 Å². The van der Waals surface area contributed by atoms with Gasteiger partial charge in [-0.05, 0) is 24.8 Å². The highest BCUT2D eigenvalue weighted by Gasteiger charge is 2.22. The highest BCUT2D eigenvalue weighted by atomic mass is 15.3. The minimum Gasteiger partial charge on any atom is -0.354 e. The molecule has 0 atom stereocenters. The molecule has 1 aliphatic carbocycles. The van der Waals surface area contributed by atoms with Crippen LogP contribution in [-0.4, -0.2) is 61.7 Å². The summed E-state index contributed by atoms with van der Waals surface area (Å²) in [6.45, 7) is 5.80. The second-order valence-corrected chi connectivity index (χ2v) is 6.90. The molecule has 1 aromatic heterocycles. The molecular weight excluding hydrogens is 274 g/mol. The summed E-state index contributed by atoms with van der Waals surface area (Å²) in [5, 5.41) is 0. The fraction of sp³-hybridized carbons (Fsp3) is 0.765. The molecule has 5 heteroatoms. The molecular formula is C17H29N5. The van der Waals surface area contributed by atoms with Crippen LogP contribution in [0.2, 0.25) is 0 Å². The number of hydrogen-bond acceptors (Lipinski definition) is 5. The Morgan fingerprint density at radius 3 is 2.50 bits per heavy atom. The van der Waals surface area contributed by atoms with E-state index in [0.29, 0.717) is 0 Å². The first-order valence-electron chi connectivity index (χ1n) is 8.70. The SMILES string of the molecule is CN(C)c1nccc(N2CCN(CC3CCCCC3)CC2)n1. The molecule has 122 valence electrons. The number of nitrogens with zero attached hydrogens (tertiary/aromatic N) is 5. The molecule has 0 aromatic carbocycles. The molecule has 5 nitrogen and oxygen atoms in total. The Bertz CT molecular complexity index is 462. The lowest BCUT2D eigenvalue weighted by Gasteiger charge is -2.37. The molecule has 0 bridgehead atoms. The zero-order chi connectivity index (χ0) is 15.4. The van der Waals surface area contributed by atoms with Gasteiger partial charge in [-0.15, -0.1) is 0 Å². The summed E-state index contributed by atoms with van der Waals surface area (Å²) in [6, 6.07) is 2.03. The second kappa shape index (κ2) is 7.27. The zero-order valence-corrected chi connectivity index (χ0v) is 14.0. The monoisotopic (exact) mass is 303 g/mol.